The molecule has 4 rings (SSSR count). The number of anilines is 1. The maximum atomic E-state index is 12.3. The van der Waals surface area contributed by atoms with Gasteiger partial charge in [0.1, 0.15) is 5.82 Å². The molecule has 1 aromatic heterocycles. The lowest BCUT2D eigenvalue weighted by Gasteiger charge is -2.48. The van der Waals surface area contributed by atoms with Gasteiger partial charge in [-0.2, -0.15) is 0 Å². The number of ether oxygens (including phenoxy) is 1. The van der Waals surface area contributed by atoms with Crippen molar-refractivity contribution in [3.05, 3.63) is 30.0 Å². The Balaban J connectivity index is 1.34. The Kier molecular flexibility index (Phi) is 8.56. The zero-order chi connectivity index (χ0) is 26.6. The first-order valence-electron chi connectivity index (χ1n) is 13.5. The summed E-state index contributed by atoms with van der Waals surface area (Å²) in [7, 11) is 0. The number of hydroxylamine groups is 1. The fraction of sp³-hybridized carbons (Fsp3) is 0.679. The Morgan fingerprint density at radius 3 is 2.57 bits per heavy atom. The summed E-state index contributed by atoms with van der Waals surface area (Å²) in [5.74, 6) is 0.00793. The topological polar surface area (TPSA) is 104 Å². The number of nitrogens with one attached hydrogen (secondary N) is 1. The quantitative estimate of drug-likeness (QED) is 0.397. The van der Waals surface area contributed by atoms with Crippen molar-refractivity contribution in [1.29, 1.82) is 0 Å². The van der Waals surface area contributed by atoms with Gasteiger partial charge in [-0.05, 0) is 73.1 Å². The molecule has 0 spiro atoms. The Hall–Kier alpha value is -2.49. The van der Waals surface area contributed by atoms with Crippen LogP contribution in [-0.4, -0.2) is 65.1 Å². The van der Waals surface area contributed by atoms with Gasteiger partial charge in [-0.25, -0.2) is 20.1 Å². The highest BCUT2D eigenvalue weighted by Gasteiger charge is 2.43. The second kappa shape index (κ2) is 11.5. The first kappa shape index (κ1) is 27.5. The van der Waals surface area contributed by atoms with Gasteiger partial charge < -0.3 is 9.84 Å². The number of hydrogen-bond donors (Lipinski definition) is 2. The molecular formula is C28H42N4O5. The molecule has 9 nitrogen and oxygen atoms in total. The average Bonchev–Trinajstić information content (AvgIpc) is 3.30. The van der Waals surface area contributed by atoms with E-state index in [1.807, 2.05) is 0 Å². The number of amides is 2. The monoisotopic (exact) mass is 514 g/mol. The molecule has 2 amide bonds. The van der Waals surface area contributed by atoms with E-state index in [9.17, 15) is 14.7 Å². The van der Waals surface area contributed by atoms with E-state index in [0.717, 1.165) is 51.6 Å². The fourth-order valence-corrected chi connectivity index (χ4v) is 6.57. The molecule has 3 heterocycles. The van der Waals surface area contributed by atoms with Crippen molar-refractivity contribution in [3.63, 3.8) is 0 Å². The standard InChI is InChI=1S/C28H42N4O5/c1-27(2)15-22(16-28(3,4)19-27)31-13-12-21(18-31)32(26(34)35)23-10-8-20(17-29-23)9-11-24(33)30-37-25-7-5-6-14-36-25/h8-11,17,21-22,25H,5-7,12-16,18-19H2,1-4H3,(H,30,33)(H,34,35)/t21-,25?/m1/s1. The Morgan fingerprint density at radius 2 is 1.95 bits per heavy atom. The van der Waals surface area contributed by atoms with Crippen LogP contribution in [0.4, 0.5) is 10.6 Å². The third-order valence-corrected chi connectivity index (χ3v) is 7.69. The van der Waals surface area contributed by atoms with Gasteiger partial charge >= 0.3 is 6.09 Å². The summed E-state index contributed by atoms with van der Waals surface area (Å²) in [6.07, 6.45) is 10.2. The Bertz CT molecular complexity index is 955. The van der Waals surface area contributed by atoms with Crippen LogP contribution >= 0.6 is 0 Å². The minimum atomic E-state index is -0.992. The van der Waals surface area contributed by atoms with Gasteiger partial charge in [0.25, 0.3) is 5.91 Å². The minimum absolute atomic E-state index is 0.135. The predicted molar refractivity (Wildman–Crippen MR) is 142 cm³/mol. The van der Waals surface area contributed by atoms with Crippen molar-refractivity contribution >= 4 is 23.9 Å². The highest BCUT2D eigenvalue weighted by molar-refractivity contribution is 5.91. The van der Waals surface area contributed by atoms with Gasteiger partial charge in [-0.1, -0.05) is 27.7 Å². The molecule has 2 saturated heterocycles. The van der Waals surface area contributed by atoms with Gasteiger partial charge in [-0.3, -0.25) is 14.6 Å². The van der Waals surface area contributed by atoms with Crippen molar-refractivity contribution in [2.75, 3.05) is 24.6 Å². The number of rotatable bonds is 7. The van der Waals surface area contributed by atoms with E-state index >= 15 is 0 Å². The number of likely N-dealkylation sites (tertiary alicyclic amines) is 1. The number of carbonyl (C=O) groups excluding carboxylic acids is 1. The minimum Gasteiger partial charge on any atom is -0.465 e. The third kappa shape index (κ3) is 7.52. The van der Waals surface area contributed by atoms with E-state index < -0.39 is 18.3 Å². The molecule has 2 aliphatic heterocycles. The molecular weight excluding hydrogens is 472 g/mol. The lowest BCUT2D eigenvalue weighted by molar-refractivity contribution is -0.198. The van der Waals surface area contributed by atoms with Crippen LogP contribution in [0.25, 0.3) is 6.08 Å². The molecule has 3 aliphatic rings. The van der Waals surface area contributed by atoms with E-state index in [2.05, 4.69) is 43.1 Å². The molecule has 2 N–H and O–H groups in total. The van der Waals surface area contributed by atoms with Gasteiger partial charge in [0, 0.05) is 44.4 Å². The molecule has 37 heavy (non-hydrogen) atoms. The van der Waals surface area contributed by atoms with Crippen molar-refractivity contribution in [2.24, 2.45) is 10.8 Å². The van der Waals surface area contributed by atoms with Gasteiger partial charge in [0.2, 0.25) is 0 Å². The van der Waals surface area contributed by atoms with Crippen molar-refractivity contribution in [3.8, 4) is 0 Å². The molecule has 1 aromatic rings. The number of hydrogen-bond acceptors (Lipinski definition) is 6. The molecule has 9 heteroatoms. The van der Waals surface area contributed by atoms with Gasteiger partial charge in [0.15, 0.2) is 6.29 Å². The first-order valence-corrected chi connectivity index (χ1v) is 13.5. The van der Waals surface area contributed by atoms with E-state index in [1.165, 1.54) is 17.4 Å². The summed E-state index contributed by atoms with van der Waals surface area (Å²) in [5.41, 5.74) is 3.65. The maximum absolute atomic E-state index is 12.3. The Morgan fingerprint density at radius 1 is 1.19 bits per heavy atom. The highest BCUT2D eigenvalue weighted by Crippen LogP contribution is 2.47. The third-order valence-electron chi connectivity index (χ3n) is 7.69. The average molecular weight is 515 g/mol. The number of nitrogens with zero attached hydrogens (tertiary/aromatic N) is 3. The van der Waals surface area contributed by atoms with Gasteiger partial charge in [0.05, 0.1) is 6.04 Å². The van der Waals surface area contributed by atoms with Crippen LogP contribution in [0.3, 0.4) is 0 Å². The second-order valence-corrected chi connectivity index (χ2v) is 12.3. The normalized spacial score (nSPS) is 26.3. The number of carbonyl (C=O) groups is 2. The predicted octanol–water partition coefficient (Wildman–Crippen LogP) is 4.83. The van der Waals surface area contributed by atoms with Crippen molar-refractivity contribution in [1.82, 2.24) is 15.4 Å². The number of pyridine rings is 1. The van der Waals surface area contributed by atoms with Crippen LogP contribution in [0, 0.1) is 10.8 Å². The van der Waals surface area contributed by atoms with Crippen molar-refractivity contribution < 1.29 is 24.3 Å². The zero-order valence-corrected chi connectivity index (χ0v) is 22.6. The SMILES string of the molecule is CC1(C)CC(N2CC[C@@H](N(C(=O)O)c3ccc(C=CC(=O)NOC4CCCCO4)cn3)C2)CC(C)(C)C1. The molecule has 1 saturated carbocycles. The molecule has 3 fully saturated rings. The summed E-state index contributed by atoms with van der Waals surface area (Å²) in [4.78, 5) is 37.9. The second-order valence-electron chi connectivity index (χ2n) is 12.3. The lowest BCUT2D eigenvalue weighted by Crippen LogP contribution is -2.47. The smallest absolute Gasteiger partial charge is 0.413 e. The van der Waals surface area contributed by atoms with E-state index in [-0.39, 0.29) is 16.9 Å². The van der Waals surface area contributed by atoms with E-state index in [4.69, 9.17) is 9.57 Å². The zero-order valence-electron chi connectivity index (χ0n) is 22.6. The highest BCUT2D eigenvalue weighted by atomic mass is 16.8. The number of carboxylic acid groups (broad SMARTS) is 1. The molecule has 1 unspecified atom stereocenters. The summed E-state index contributed by atoms with van der Waals surface area (Å²) in [6.45, 7) is 11.6. The van der Waals surface area contributed by atoms with E-state index in [1.54, 1.807) is 24.4 Å². The fourth-order valence-electron chi connectivity index (χ4n) is 6.57. The van der Waals surface area contributed by atoms with Crippen LogP contribution in [0.15, 0.2) is 24.4 Å². The maximum Gasteiger partial charge on any atom is 0.413 e. The molecule has 1 aliphatic carbocycles. The summed E-state index contributed by atoms with van der Waals surface area (Å²) < 4.78 is 5.42. The van der Waals surface area contributed by atoms with E-state index in [0.29, 0.717) is 24.0 Å². The van der Waals surface area contributed by atoms with Crippen LogP contribution in [0.5, 0.6) is 0 Å². The van der Waals surface area contributed by atoms with Crippen LogP contribution in [-0.2, 0) is 14.4 Å². The molecule has 0 aromatic carbocycles. The van der Waals surface area contributed by atoms with Crippen LogP contribution in [0.1, 0.15) is 78.2 Å². The summed E-state index contributed by atoms with van der Waals surface area (Å²) in [5, 5.41) is 10.0. The van der Waals surface area contributed by atoms with Crippen molar-refractivity contribution in [2.45, 2.75) is 91.0 Å². The molecule has 0 radical (unpaired) electrons. The molecule has 204 valence electrons. The molecule has 0 bridgehead atoms. The Labute approximate surface area is 220 Å². The summed E-state index contributed by atoms with van der Waals surface area (Å²) in [6, 6.07) is 3.81. The summed E-state index contributed by atoms with van der Waals surface area (Å²) >= 11 is 0. The first-order chi connectivity index (χ1) is 17.5. The van der Waals surface area contributed by atoms with Crippen LogP contribution in [0.2, 0.25) is 0 Å². The molecule has 2 atom stereocenters. The van der Waals surface area contributed by atoms with Crippen LogP contribution < -0.4 is 10.4 Å². The largest absolute Gasteiger partial charge is 0.465 e. The lowest BCUT2D eigenvalue weighted by atomic mass is 9.63. The van der Waals surface area contributed by atoms with Gasteiger partial charge in [-0.15, -0.1) is 0 Å². The number of aromatic nitrogens is 1.